The van der Waals surface area contributed by atoms with Gasteiger partial charge in [-0.05, 0) is 97.4 Å². The van der Waals surface area contributed by atoms with Gasteiger partial charge in [0.05, 0.1) is 18.3 Å². The second-order valence-corrected chi connectivity index (χ2v) is 12.3. The quantitative estimate of drug-likeness (QED) is 0.597. The number of fused-ring (bicyclic) bond motifs is 5. The molecule has 31 heavy (non-hydrogen) atoms. The van der Waals surface area contributed by atoms with E-state index in [9.17, 15) is 20.1 Å². The summed E-state index contributed by atoms with van der Waals surface area (Å²) in [5.41, 5.74) is 0.885. The third-order valence-corrected chi connectivity index (χ3v) is 10.5. The van der Waals surface area contributed by atoms with Gasteiger partial charge in [0.15, 0.2) is 5.78 Å². The molecule has 0 spiro atoms. The molecule has 3 fully saturated rings. The average molecular weight is 433 g/mol. The van der Waals surface area contributed by atoms with Gasteiger partial charge in [-0.15, -0.1) is 0 Å². The van der Waals surface area contributed by atoms with E-state index in [0.717, 1.165) is 44.1 Å². The topological polar surface area (TPSA) is 77.8 Å². The van der Waals surface area contributed by atoms with Gasteiger partial charge >= 0.3 is 0 Å². The van der Waals surface area contributed by atoms with Gasteiger partial charge < -0.3 is 15.3 Å². The molecule has 0 radical (unpaired) electrons. The van der Waals surface area contributed by atoms with E-state index in [1.807, 2.05) is 6.08 Å². The van der Waals surface area contributed by atoms with Crippen LogP contribution in [-0.4, -0.2) is 39.4 Å². The molecule has 0 heterocycles. The Morgan fingerprint density at radius 2 is 1.81 bits per heavy atom. The van der Waals surface area contributed by atoms with E-state index in [1.54, 1.807) is 0 Å². The summed E-state index contributed by atoms with van der Waals surface area (Å²) < 4.78 is 0. The lowest BCUT2D eigenvalue weighted by Gasteiger charge is -2.61. The summed E-state index contributed by atoms with van der Waals surface area (Å²) in [7, 11) is 0. The van der Waals surface area contributed by atoms with Crippen molar-refractivity contribution >= 4 is 5.78 Å². The molecule has 2 unspecified atom stereocenters. The maximum Gasteiger partial charge on any atom is 0.155 e. The standard InChI is InChI=1S/C27H44O4/c1-15(2)22(29)9-6-16(3)19-7-8-20-25-21(14-24(31)27(19,20)5)26(4)11-10-18(28)12-17(26)13-23(25)30/h12,15-16,19-25,29-31H,6-11,13-14H2,1-5H3/t16-,19-,20+,21+,22?,23?,24+,25+,26+,27-/m1/s1. The predicted molar refractivity (Wildman–Crippen MR) is 122 cm³/mol. The second-order valence-electron chi connectivity index (χ2n) is 12.3. The Kier molecular flexibility index (Phi) is 6.24. The summed E-state index contributed by atoms with van der Waals surface area (Å²) in [6, 6.07) is 0. The van der Waals surface area contributed by atoms with Crippen LogP contribution in [0.1, 0.15) is 86.0 Å². The molecule has 4 aliphatic rings. The summed E-state index contributed by atoms with van der Waals surface area (Å²) in [6.45, 7) is 11.0. The molecule has 0 bridgehead atoms. The van der Waals surface area contributed by atoms with Crippen molar-refractivity contribution in [1.82, 2.24) is 0 Å². The molecule has 3 N–H and O–H groups in total. The lowest BCUT2D eigenvalue weighted by Crippen LogP contribution is -2.60. The zero-order valence-electron chi connectivity index (χ0n) is 20.2. The number of aliphatic hydroxyl groups is 3. The first kappa shape index (κ1) is 23.4. The van der Waals surface area contributed by atoms with Gasteiger partial charge in [-0.2, -0.15) is 0 Å². The molecule has 176 valence electrons. The molecule has 0 saturated heterocycles. The molecule has 0 amide bonds. The Balaban J connectivity index is 1.58. The minimum absolute atomic E-state index is 0.0643. The van der Waals surface area contributed by atoms with Crippen LogP contribution in [0.5, 0.6) is 0 Å². The first-order chi connectivity index (χ1) is 14.5. The smallest absolute Gasteiger partial charge is 0.155 e. The van der Waals surface area contributed by atoms with Crippen LogP contribution in [0.4, 0.5) is 0 Å². The number of carbonyl (C=O) groups excluding carboxylic acids is 1. The molecule has 4 rings (SSSR count). The van der Waals surface area contributed by atoms with Gasteiger partial charge in [-0.3, -0.25) is 4.79 Å². The largest absolute Gasteiger partial charge is 0.393 e. The second kappa shape index (κ2) is 8.25. The first-order valence-corrected chi connectivity index (χ1v) is 12.8. The lowest BCUT2D eigenvalue weighted by molar-refractivity contribution is -0.168. The monoisotopic (exact) mass is 432 g/mol. The third kappa shape index (κ3) is 3.65. The van der Waals surface area contributed by atoms with E-state index in [1.165, 1.54) is 0 Å². The Hall–Kier alpha value is -0.710. The van der Waals surface area contributed by atoms with E-state index < -0.39 is 6.10 Å². The molecule has 0 aromatic rings. The molecule has 0 aliphatic heterocycles. The van der Waals surface area contributed by atoms with Gasteiger partial charge in [-0.1, -0.05) is 40.2 Å². The van der Waals surface area contributed by atoms with Gasteiger partial charge in [0.1, 0.15) is 0 Å². The molecule has 4 heteroatoms. The number of ketones is 1. The van der Waals surface area contributed by atoms with Crippen molar-refractivity contribution < 1.29 is 20.1 Å². The zero-order valence-corrected chi connectivity index (χ0v) is 20.2. The van der Waals surface area contributed by atoms with E-state index in [2.05, 4.69) is 34.6 Å². The van der Waals surface area contributed by atoms with Crippen LogP contribution in [0.25, 0.3) is 0 Å². The van der Waals surface area contributed by atoms with Crippen molar-refractivity contribution in [3.8, 4) is 0 Å². The zero-order chi connectivity index (χ0) is 22.7. The van der Waals surface area contributed by atoms with Crippen LogP contribution < -0.4 is 0 Å². The van der Waals surface area contributed by atoms with Crippen LogP contribution in [-0.2, 0) is 4.79 Å². The van der Waals surface area contributed by atoms with Crippen molar-refractivity contribution in [2.24, 2.45) is 46.3 Å². The van der Waals surface area contributed by atoms with Crippen molar-refractivity contribution in [2.75, 3.05) is 0 Å². The van der Waals surface area contributed by atoms with E-state index in [0.29, 0.717) is 30.6 Å². The number of aliphatic hydroxyl groups excluding tert-OH is 3. The van der Waals surface area contributed by atoms with Crippen LogP contribution in [0.2, 0.25) is 0 Å². The fourth-order valence-corrected chi connectivity index (χ4v) is 8.43. The molecule has 0 aromatic heterocycles. The fraction of sp³-hybridized carbons (Fsp3) is 0.889. The summed E-state index contributed by atoms with van der Waals surface area (Å²) in [5, 5.41) is 33.2. The minimum Gasteiger partial charge on any atom is -0.393 e. The van der Waals surface area contributed by atoms with Crippen LogP contribution in [0.15, 0.2) is 11.6 Å². The van der Waals surface area contributed by atoms with Crippen molar-refractivity contribution in [3.63, 3.8) is 0 Å². The van der Waals surface area contributed by atoms with Gasteiger partial charge in [-0.25, -0.2) is 0 Å². The highest BCUT2D eigenvalue weighted by Gasteiger charge is 2.64. The van der Waals surface area contributed by atoms with Crippen molar-refractivity contribution in [2.45, 2.75) is 104 Å². The van der Waals surface area contributed by atoms with Gasteiger partial charge in [0.2, 0.25) is 0 Å². The third-order valence-electron chi connectivity index (χ3n) is 10.5. The lowest BCUT2D eigenvalue weighted by atomic mass is 9.45. The molecule has 0 aromatic carbocycles. The van der Waals surface area contributed by atoms with E-state index in [4.69, 9.17) is 0 Å². The number of carbonyl (C=O) groups is 1. The highest BCUT2D eigenvalue weighted by atomic mass is 16.3. The number of hydrogen-bond donors (Lipinski definition) is 3. The Bertz CT molecular complexity index is 729. The Morgan fingerprint density at radius 3 is 2.48 bits per heavy atom. The number of rotatable bonds is 5. The Morgan fingerprint density at radius 1 is 1.10 bits per heavy atom. The Labute approximate surface area is 188 Å². The average Bonchev–Trinajstić information content (AvgIpc) is 3.06. The highest BCUT2D eigenvalue weighted by molar-refractivity contribution is 5.91. The maximum atomic E-state index is 12.1. The summed E-state index contributed by atoms with van der Waals surface area (Å²) in [4.78, 5) is 12.1. The van der Waals surface area contributed by atoms with Crippen molar-refractivity contribution in [1.29, 1.82) is 0 Å². The van der Waals surface area contributed by atoms with E-state index in [-0.39, 0.29) is 46.6 Å². The minimum atomic E-state index is -0.413. The normalized spacial score (nSPS) is 46.7. The van der Waals surface area contributed by atoms with Crippen LogP contribution >= 0.6 is 0 Å². The summed E-state index contributed by atoms with van der Waals surface area (Å²) in [6.07, 6.45) is 7.55. The molecule has 4 nitrogen and oxygen atoms in total. The fourth-order valence-electron chi connectivity index (χ4n) is 8.43. The molecular weight excluding hydrogens is 388 g/mol. The van der Waals surface area contributed by atoms with Gasteiger partial charge in [0.25, 0.3) is 0 Å². The highest BCUT2D eigenvalue weighted by Crippen LogP contribution is 2.67. The molecule has 4 aliphatic carbocycles. The maximum absolute atomic E-state index is 12.1. The van der Waals surface area contributed by atoms with Gasteiger partial charge in [0, 0.05) is 6.42 Å². The predicted octanol–water partition coefficient (Wildman–Crippen LogP) is 4.51. The summed E-state index contributed by atoms with van der Waals surface area (Å²) in [5.74, 6) is 2.14. The first-order valence-electron chi connectivity index (χ1n) is 12.8. The SMILES string of the molecule is CC(C)C(O)CC[C@@H](C)[C@H]1CC[C@H]2[C@@H]3C(O)CC4=CC(=O)CC[C@]4(C)[C@H]3C[C@H](O)[C@]12C. The van der Waals surface area contributed by atoms with Crippen LogP contribution in [0, 0.1) is 46.3 Å². The molecule has 3 saturated carbocycles. The molecule has 10 atom stereocenters. The van der Waals surface area contributed by atoms with Crippen molar-refractivity contribution in [3.05, 3.63) is 11.6 Å². The van der Waals surface area contributed by atoms with E-state index >= 15 is 0 Å². The number of hydrogen-bond acceptors (Lipinski definition) is 4. The summed E-state index contributed by atoms with van der Waals surface area (Å²) >= 11 is 0. The molecular formula is C27H44O4. The van der Waals surface area contributed by atoms with Crippen LogP contribution in [0.3, 0.4) is 0 Å².